The van der Waals surface area contributed by atoms with Crippen LogP contribution < -0.4 is 0 Å². The Hall–Kier alpha value is -2.44. The Labute approximate surface area is 159 Å². The van der Waals surface area contributed by atoms with Gasteiger partial charge in [0.1, 0.15) is 5.75 Å². The second kappa shape index (κ2) is 7.66. The van der Waals surface area contributed by atoms with Crippen LogP contribution in [0.2, 0.25) is 0 Å². The standard InChI is InChI=1S/C21H25N3O3/c25-19-7-2-1-6-18(19)20(26)24-13-14-27-21(16-24)8-11-23(12-9-21)15-17-5-3-4-10-22-17/h1-7,10,25H,8-9,11-16H2. The smallest absolute Gasteiger partial charge is 0.257 e. The van der Waals surface area contributed by atoms with Crippen molar-refractivity contribution in [2.45, 2.75) is 25.0 Å². The molecule has 0 unspecified atom stereocenters. The maximum atomic E-state index is 12.8. The van der Waals surface area contributed by atoms with Crippen molar-refractivity contribution < 1.29 is 14.6 Å². The molecular weight excluding hydrogens is 342 g/mol. The maximum absolute atomic E-state index is 12.8. The number of aromatic hydroxyl groups is 1. The Balaban J connectivity index is 1.38. The van der Waals surface area contributed by atoms with Crippen LogP contribution in [0.15, 0.2) is 48.7 Å². The molecule has 0 atom stereocenters. The number of hydrogen-bond acceptors (Lipinski definition) is 5. The number of carbonyl (C=O) groups excluding carboxylic acids is 1. The molecule has 2 fully saturated rings. The van der Waals surface area contributed by atoms with Crippen LogP contribution in [0.3, 0.4) is 0 Å². The number of amides is 1. The van der Waals surface area contributed by atoms with E-state index in [2.05, 4.69) is 9.88 Å². The third kappa shape index (κ3) is 3.96. The molecule has 1 aromatic carbocycles. The van der Waals surface area contributed by atoms with Crippen molar-refractivity contribution >= 4 is 5.91 Å². The van der Waals surface area contributed by atoms with Gasteiger partial charge in [0.25, 0.3) is 5.91 Å². The summed E-state index contributed by atoms with van der Waals surface area (Å²) in [6.45, 7) is 4.38. The van der Waals surface area contributed by atoms with Crippen molar-refractivity contribution in [3.05, 3.63) is 59.9 Å². The van der Waals surface area contributed by atoms with Crippen LogP contribution in [0.25, 0.3) is 0 Å². The number of nitrogens with zero attached hydrogens (tertiary/aromatic N) is 3. The van der Waals surface area contributed by atoms with Gasteiger partial charge >= 0.3 is 0 Å². The highest BCUT2D eigenvalue weighted by atomic mass is 16.5. The lowest BCUT2D eigenvalue weighted by molar-refractivity contribution is -0.128. The van der Waals surface area contributed by atoms with Crippen molar-refractivity contribution in [1.82, 2.24) is 14.8 Å². The topological polar surface area (TPSA) is 65.9 Å². The van der Waals surface area contributed by atoms with Gasteiger partial charge in [0.2, 0.25) is 0 Å². The number of hydrogen-bond donors (Lipinski definition) is 1. The molecule has 0 bridgehead atoms. The monoisotopic (exact) mass is 367 g/mol. The van der Waals surface area contributed by atoms with Gasteiger partial charge in [0, 0.05) is 32.4 Å². The summed E-state index contributed by atoms with van der Waals surface area (Å²) in [6.07, 6.45) is 3.61. The molecule has 4 rings (SSSR count). The fraction of sp³-hybridized carbons (Fsp3) is 0.429. The van der Waals surface area contributed by atoms with Crippen molar-refractivity contribution in [3.8, 4) is 5.75 Å². The summed E-state index contributed by atoms with van der Waals surface area (Å²) in [5, 5.41) is 10.00. The van der Waals surface area contributed by atoms with Gasteiger partial charge in [-0.1, -0.05) is 18.2 Å². The molecule has 2 aliphatic rings. The molecule has 2 aliphatic heterocycles. The first-order valence-electron chi connectivity index (χ1n) is 9.49. The number of para-hydroxylation sites is 1. The minimum Gasteiger partial charge on any atom is -0.507 e. The van der Waals surface area contributed by atoms with Crippen LogP contribution in [-0.2, 0) is 11.3 Å². The largest absolute Gasteiger partial charge is 0.507 e. The quantitative estimate of drug-likeness (QED) is 0.902. The lowest BCUT2D eigenvalue weighted by Crippen LogP contribution is -2.57. The molecule has 142 valence electrons. The van der Waals surface area contributed by atoms with E-state index < -0.39 is 0 Å². The minimum absolute atomic E-state index is 0.0354. The van der Waals surface area contributed by atoms with E-state index in [9.17, 15) is 9.90 Å². The molecule has 6 nitrogen and oxygen atoms in total. The number of likely N-dealkylation sites (tertiary alicyclic amines) is 1. The fourth-order valence-electron chi connectivity index (χ4n) is 3.98. The van der Waals surface area contributed by atoms with E-state index in [0.29, 0.717) is 25.3 Å². The van der Waals surface area contributed by atoms with Gasteiger partial charge in [-0.3, -0.25) is 14.7 Å². The molecule has 1 N–H and O–H groups in total. The zero-order valence-electron chi connectivity index (χ0n) is 15.4. The van der Waals surface area contributed by atoms with Crippen molar-refractivity contribution in [3.63, 3.8) is 0 Å². The van der Waals surface area contributed by atoms with Crippen LogP contribution in [0.5, 0.6) is 5.75 Å². The number of morpholine rings is 1. The third-order valence-corrected chi connectivity index (χ3v) is 5.55. The Morgan fingerprint density at radius 2 is 1.89 bits per heavy atom. The highest BCUT2D eigenvalue weighted by molar-refractivity contribution is 5.96. The van der Waals surface area contributed by atoms with Crippen LogP contribution >= 0.6 is 0 Å². The second-order valence-electron chi connectivity index (χ2n) is 7.37. The van der Waals surface area contributed by atoms with E-state index in [4.69, 9.17) is 4.74 Å². The zero-order chi connectivity index (χ0) is 18.7. The average molecular weight is 367 g/mol. The van der Waals surface area contributed by atoms with Crippen molar-refractivity contribution in [2.75, 3.05) is 32.8 Å². The van der Waals surface area contributed by atoms with Gasteiger partial charge < -0.3 is 14.7 Å². The number of phenols is 1. The SMILES string of the molecule is O=C(c1ccccc1O)N1CCOC2(CCN(Cc3ccccn3)CC2)C1. The molecule has 6 heteroatoms. The van der Waals surface area contributed by atoms with Gasteiger partial charge in [0.05, 0.1) is 30.0 Å². The number of carbonyl (C=O) groups is 1. The molecule has 0 radical (unpaired) electrons. The molecule has 1 aromatic heterocycles. The molecule has 2 aromatic rings. The highest BCUT2D eigenvalue weighted by Crippen LogP contribution is 2.32. The lowest BCUT2D eigenvalue weighted by atomic mass is 9.89. The zero-order valence-corrected chi connectivity index (χ0v) is 15.4. The van der Waals surface area contributed by atoms with E-state index in [-0.39, 0.29) is 17.3 Å². The summed E-state index contributed by atoms with van der Waals surface area (Å²) in [4.78, 5) is 21.5. The van der Waals surface area contributed by atoms with Crippen LogP contribution in [0.4, 0.5) is 0 Å². The Morgan fingerprint density at radius 3 is 2.63 bits per heavy atom. The van der Waals surface area contributed by atoms with Gasteiger partial charge in [-0.15, -0.1) is 0 Å². The number of aromatic nitrogens is 1. The molecule has 0 aliphatic carbocycles. The molecular formula is C21H25N3O3. The summed E-state index contributed by atoms with van der Waals surface area (Å²) in [5.41, 5.74) is 1.16. The summed E-state index contributed by atoms with van der Waals surface area (Å²) < 4.78 is 6.15. The van der Waals surface area contributed by atoms with Gasteiger partial charge in [-0.05, 0) is 37.1 Å². The van der Waals surface area contributed by atoms with Crippen LogP contribution in [0.1, 0.15) is 28.9 Å². The van der Waals surface area contributed by atoms with E-state index in [0.717, 1.165) is 38.2 Å². The number of piperidine rings is 1. The van der Waals surface area contributed by atoms with Gasteiger partial charge in [0.15, 0.2) is 0 Å². The Bertz CT molecular complexity index is 788. The van der Waals surface area contributed by atoms with Gasteiger partial charge in [-0.25, -0.2) is 0 Å². The van der Waals surface area contributed by atoms with Crippen LogP contribution in [0, 0.1) is 0 Å². The van der Waals surface area contributed by atoms with E-state index in [1.54, 1.807) is 24.3 Å². The molecule has 27 heavy (non-hydrogen) atoms. The maximum Gasteiger partial charge on any atom is 0.257 e. The molecule has 1 spiro atoms. The van der Waals surface area contributed by atoms with E-state index in [1.807, 2.05) is 29.3 Å². The first-order chi connectivity index (χ1) is 13.2. The molecule has 1 amide bonds. The van der Waals surface area contributed by atoms with E-state index in [1.165, 1.54) is 0 Å². The predicted octanol–water partition coefficient (Wildman–Crippen LogP) is 2.29. The average Bonchev–Trinajstić information content (AvgIpc) is 2.71. The fourth-order valence-corrected chi connectivity index (χ4v) is 3.98. The second-order valence-corrected chi connectivity index (χ2v) is 7.37. The van der Waals surface area contributed by atoms with Gasteiger partial charge in [-0.2, -0.15) is 0 Å². The Morgan fingerprint density at radius 1 is 1.11 bits per heavy atom. The normalized spacial score (nSPS) is 19.9. The number of rotatable bonds is 3. The summed E-state index contributed by atoms with van der Waals surface area (Å²) in [6, 6.07) is 12.7. The summed E-state index contributed by atoms with van der Waals surface area (Å²) in [5.74, 6) is -0.0834. The van der Waals surface area contributed by atoms with Crippen molar-refractivity contribution in [1.29, 1.82) is 0 Å². The molecule has 3 heterocycles. The molecule has 2 saturated heterocycles. The van der Waals surface area contributed by atoms with Crippen molar-refractivity contribution in [2.24, 2.45) is 0 Å². The number of phenolic OH excluding ortho intramolecular Hbond substituents is 1. The highest BCUT2D eigenvalue weighted by Gasteiger charge is 2.41. The first-order valence-corrected chi connectivity index (χ1v) is 9.49. The number of pyridine rings is 1. The van der Waals surface area contributed by atoms with E-state index >= 15 is 0 Å². The van der Waals surface area contributed by atoms with Crippen LogP contribution in [-0.4, -0.2) is 64.2 Å². The minimum atomic E-state index is -0.279. The summed E-state index contributed by atoms with van der Waals surface area (Å²) >= 11 is 0. The number of benzene rings is 1. The summed E-state index contributed by atoms with van der Waals surface area (Å²) in [7, 11) is 0. The number of ether oxygens (including phenoxy) is 1. The third-order valence-electron chi connectivity index (χ3n) is 5.55. The Kier molecular flexibility index (Phi) is 5.09. The first kappa shape index (κ1) is 17.9. The lowest BCUT2D eigenvalue weighted by Gasteiger charge is -2.47. The molecule has 0 saturated carbocycles. The predicted molar refractivity (Wildman–Crippen MR) is 101 cm³/mol.